The number of carbonyl (C=O) groups excluding carboxylic acids is 2. The Hall–Kier alpha value is -4.09. The van der Waals surface area contributed by atoms with Crippen molar-refractivity contribution in [3.63, 3.8) is 0 Å². The van der Waals surface area contributed by atoms with E-state index in [-0.39, 0.29) is 24.5 Å². The first kappa shape index (κ1) is 23.6. The number of rotatable bonds is 8. The van der Waals surface area contributed by atoms with Crippen LogP contribution >= 0.6 is 0 Å². The fraction of sp³-hybridized carbons (Fsp3) is 0.458. The van der Waals surface area contributed by atoms with Crippen LogP contribution < -0.4 is 15.5 Å². The van der Waals surface area contributed by atoms with E-state index in [1.807, 2.05) is 40.6 Å². The summed E-state index contributed by atoms with van der Waals surface area (Å²) in [6.45, 7) is 4.65. The van der Waals surface area contributed by atoms with Gasteiger partial charge in [0, 0.05) is 63.1 Å². The molecule has 1 atom stereocenters. The molecule has 2 aliphatic rings. The van der Waals surface area contributed by atoms with Crippen LogP contribution in [0.3, 0.4) is 0 Å². The van der Waals surface area contributed by atoms with Gasteiger partial charge < -0.3 is 25.2 Å². The second-order valence-electron chi connectivity index (χ2n) is 9.17. The number of carboxylic acid groups (broad SMARTS) is 1. The van der Waals surface area contributed by atoms with Crippen molar-refractivity contribution in [3.8, 4) is 0 Å². The van der Waals surface area contributed by atoms with Crippen molar-refractivity contribution in [1.82, 2.24) is 34.9 Å². The molecule has 0 spiro atoms. The monoisotopic (exact) mass is 494 g/mol. The summed E-state index contributed by atoms with van der Waals surface area (Å²) < 4.78 is 3.72. The quantitative estimate of drug-likeness (QED) is 0.433. The number of fused-ring (bicyclic) bond motifs is 3. The number of amides is 4. The lowest BCUT2D eigenvalue weighted by Gasteiger charge is -2.33. The molecule has 2 aliphatic heterocycles. The number of benzene rings is 1. The standard InChI is InChI=1S/C24H30N8O4/c1-16-3-4-17-18(32(16)24(35)36)5-6-19-22(17)28-20(7-12-30-11-2-8-27-30)31(19)15-21(33)25-9-13-29-14-10-26-23(29)34/h2,5-6,8,11,16H,3-4,7,9-10,12-15H2,1H3,(H,25,33)(H,26,34)(H,35,36)/t16-/m0/s1. The molecule has 0 radical (unpaired) electrons. The minimum atomic E-state index is -0.979. The van der Waals surface area contributed by atoms with E-state index in [4.69, 9.17) is 4.98 Å². The number of anilines is 1. The molecule has 190 valence electrons. The summed E-state index contributed by atoms with van der Waals surface area (Å²) >= 11 is 0. The van der Waals surface area contributed by atoms with Gasteiger partial charge in [0.2, 0.25) is 5.91 Å². The molecule has 0 aliphatic carbocycles. The molecule has 1 saturated heterocycles. The van der Waals surface area contributed by atoms with E-state index in [0.29, 0.717) is 51.3 Å². The van der Waals surface area contributed by atoms with Gasteiger partial charge in [-0.15, -0.1) is 0 Å². The molecule has 36 heavy (non-hydrogen) atoms. The molecule has 4 amide bonds. The van der Waals surface area contributed by atoms with Crippen molar-refractivity contribution in [3.05, 3.63) is 42.0 Å². The second-order valence-corrected chi connectivity index (χ2v) is 9.17. The maximum absolute atomic E-state index is 12.9. The summed E-state index contributed by atoms with van der Waals surface area (Å²) in [7, 11) is 0. The van der Waals surface area contributed by atoms with E-state index in [2.05, 4.69) is 15.7 Å². The van der Waals surface area contributed by atoms with E-state index in [1.165, 1.54) is 4.90 Å². The lowest BCUT2D eigenvalue weighted by atomic mass is 9.96. The summed E-state index contributed by atoms with van der Waals surface area (Å²) in [5.41, 5.74) is 3.10. The van der Waals surface area contributed by atoms with Crippen molar-refractivity contribution in [2.45, 2.75) is 45.3 Å². The van der Waals surface area contributed by atoms with Crippen molar-refractivity contribution in [2.24, 2.45) is 0 Å². The molecule has 1 aromatic carbocycles. The Kier molecular flexibility index (Phi) is 6.49. The Balaban J connectivity index is 1.41. The van der Waals surface area contributed by atoms with E-state index in [9.17, 15) is 19.5 Å². The summed E-state index contributed by atoms with van der Waals surface area (Å²) in [6, 6.07) is 5.31. The predicted octanol–water partition coefficient (Wildman–Crippen LogP) is 1.44. The lowest BCUT2D eigenvalue weighted by Crippen LogP contribution is -2.41. The molecule has 0 saturated carbocycles. The van der Waals surface area contributed by atoms with Crippen LogP contribution in [0, 0.1) is 0 Å². The van der Waals surface area contributed by atoms with Crippen LogP contribution in [-0.2, 0) is 30.7 Å². The van der Waals surface area contributed by atoms with Gasteiger partial charge in [0.05, 0.1) is 16.7 Å². The van der Waals surface area contributed by atoms with Crippen LogP contribution in [0.2, 0.25) is 0 Å². The van der Waals surface area contributed by atoms with Gasteiger partial charge in [0.15, 0.2) is 0 Å². The molecule has 3 aromatic rings. The van der Waals surface area contributed by atoms with Crippen LogP contribution in [0.25, 0.3) is 11.0 Å². The smallest absolute Gasteiger partial charge is 0.412 e. The number of hydrogen-bond donors (Lipinski definition) is 3. The number of nitrogens with zero attached hydrogens (tertiary/aromatic N) is 6. The minimum Gasteiger partial charge on any atom is -0.465 e. The number of urea groups is 1. The molecular formula is C24H30N8O4. The fourth-order valence-electron chi connectivity index (χ4n) is 5.04. The normalized spacial score (nSPS) is 17.4. The SMILES string of the molecule is C[C@H]1CCc2c(ccc3c2nc(CCn2cccn2)n3CC(=O)NCCN2CCNC2=O)N1C(=O)O. The zero-order valence-electron chi connectivity index (χ0n) is 20.2. The zero-order chi connectivity index (χ0) is 25.2. The van der Waals surface area contributed by atoms with Crippen molar-refractivity contribution in [1.29, 1.82) is 0 Å². The predicted molar refractivity (Wildman–Crippen MR) is 132 cm³/mol. The first-order valence-electron chi connectivity index (χ1n) is 12.2. The Morgan fingerprint density at radius 3 is 2.86 bits per heavy atom. The largest absolute Gasteiger partial charge is 0.465 e. The number of carbonyl (C=O) groups is 3. The highest BCUT2D eigenvalue weighted by Gasteiger charge is 2.31. The minimum absolute atomic E-state index is 0.0783. The van der Waals surface area contributed by atoms with Crippen molar-refractivity contribution in [2.75, 3.05) is 31.1 Å². The molecule has 5 rings (SSSR count). The molecule has 1 fully saturated rings. The maximum Gasteiger partial charge on any atom is 0.412 e. The molecule has 4 heterocycles. The van der Waals surface area contributed by atoms with E-state index >= 15 is 0 Å². The zero-order valence-corrected chi connectivity index (χ0v) is 20.2. The van der Waals surface area contributed by atoms with Crippen molar-refractivity contribution < 1.29 is 19.5 Å². The van der Waals surface area contributed by atoms with Gasteiger partial charge in [-0.2, -0.15) is 5.10 Å². The third kappa shape index (κ3) is 4.58. The van der Waals surface area contributed by atoms with E-state index < -0.39 is 6.09 Å². The van der Waals surface area contributed by atoms with Crippen LogP contribution in [0.4, 0.5) is 15.3 Å². The molecule has 3 N–H and O–H groups in total. The van der Waals surface area contributed by atoms with Gasteiger partial charge in [-0.3, -0.25) is 14.4 Å². The van der Waals surface area contributed by atoms with E-state index in [1.54, 1.807) is 11.1 Å². The van der Waals surface area contributed by atoms with Crippen LogP contribution in [0.1, 0.15) is 24.7 Å². The van der Waals surface area contributed by atoms with Crippen molar-refractivity contribution >= 4 is 34.8 Å². The van der Waals surface area contributed by atoms with Crippen LogP contribution in [0.5, 0.6) is 0 Å². The lowest BCUT2D eigenvalue weighted by molar-refractivity contribution is -0.121. The number of aryl methyl sites for hydroxylation is 3. The highest BCUT2D eigenvalue weighted by Crippen LogP contribution is 2.36. The molecule has 0 unspecified atom stereocenters. The first-order chi connectivity index (χ1) is 17.4. The number of aromatic nitrogens is 4. The number of imidazole rings is 1. The topological polar surface area (TPSA) is 138 Å². The Bertz CT molecular complexity index is 1290. The second kappa shape index (κ2) is 9.88. The Labute approximate surface area is 207 Å². The van der Waals surface area contributed by atoms with Gasteiger partial charge in [-0.1, -0.05) is 0 Å². The average Bonchev–Trinajstić information content (AvgIpc) is 3.58. The van der Waals surface area contributed by atoms with Gasteiger partial charge in [-0.25, -0.2) is 14.6 Å². The maximum atomic E-state index is 12.9. The summed E-state index contributed by atoms with van der Waals surface area (Å²) in [5.74, 6) is 0.566. The van der Waals surface area contributed by atoms with E-state index in [0.717, 1.165) is 28.8 Å². The molecular weight excluding hydrogens is 464 g/mol. The molecule has 12 heteroatoms. The summed E-state index contributed by atoms with van der Waals surface area (Å²) in [4.78, 5) is 44.5. The third-order valence-corrected chi connectivity index (χ3v) is 6.87. The highest BCUT2D eigenvalue weighted by molar-refractivity contribution is 5.95. The van der Waals surface area contributed by atoms with Gasteiger partial charge in [0.25, 0.3) is 0 Å². The Morgan fingerprint density at radius 1 is 1.28 bits per heavy atom. The third-order valence-electron chi connectivity index (χ3n) is 6.87. The number of hydrogen-bond acceptors (Lipinski definition) is 5. The Morgan fingerprint density at radius 2 is 2.14 bits per heavy atom. The summed E-state index contributed by atoms with van der Waals surface area (Å²) in [6.07, 6.45) is 4.60. The number of nitrogens with one attached hydrogen (secondary N) is 2. The van der Waals surface area contributed by atoms with Gasteiger partial charge in [0.1, 0.15) is 12.4 Å². The first-order valence-corrected chi connectivity index (χ1v) is 12.2. The van der Waals surface area contributed by atoms with Gasteiger partial charge >= 0.3 is 12.1 Å². The fourth-order valence-corrected chi connectivity index (χ4v) is 5.04. The van der Waals surface area contributed by atoms with Gasteiger partial charge in [-0.05, 0) is 38.0 Å². The summed E-state index contributed by atoms with van der Waals surface area (Å²) in [5, 5.41) is 19.7. The molecule has 2 aromatic heterocycles. The molecule has 0 bridgehead atoms. The average molecular weight is 495 g/mol. The van der Waals surface area contributed by atoms with Crippen LogP contribution in [-0.4, -0.2) is 79.6 Å². The highest BCUT2D eigenvalue weighted by atomic mass is 16.4. The molecule has 12 nitrogen and oxygen atoms in total. The van der Waals surface area contributed by atoms with Crippen LogP contribution in [0.15, 0.2) is 30.6 Å².